The Kier molecular flexibility index (Phi) is 5.91. The first-order valence-electron chi connectivity index (χ1n) is 7.97. The lowest BCUT2D eigenvalue weighted by Crippen LogP contribution is -2.55. The monoisotopic (exact) mass is 352 g/mol. The Balaban J connectivity index is 1.93. The second-order valence-electron chi connectivity index (χ2n) is 7.19. The Labute approximate surface area is 140 Å². The van der Waals surface area contributed by atoms with E-state index in [0.29, 0.717) is 0 Å². The van der Waals surface area contributed by atoms with E-state index in [1.807, 2.05) is 0 Å². The normalized spacial score (nSPS) is 35.4. The number of hydrogen-bond acceptors (Lipinski definition) is 9. The van der Waals surface area contributed by atoms with E-state index in [0.717, 1.165) is 0 Å². The third-order valence-electron chi connectivity index (χ3n) is 4.22. The minimum absolute atomic E-state index is 0.0321. The van der Waals surface area contributed by atoms with Crippen LogP contribution in [0.15, 0.2) is 0 Å². The van der Waals surface area contributed by atoms with Crippen molar-refractivity contribution in [1.82, 2.24) is 0 Å². The smallest absolute Gasteiger partial charge is 0.163 e. The molecule has 0 aliphatic carbocycles. The zero-order valence-electron chi connectivity index (χ0n) is 14.3. The van der Waals surface area contributed by atoms with Gasteiger partial charge in [-0.3, -0.25) is 0 Å². The van der Waals surface area contributed by atoms with E-state index in [-0.39, 0.29) is 13.2 Å². The summed E-state index contributed by atoms with van der Waals surface area (Å²) in [5, 5.41) is 50.6. The first kappa shape index (κ1) is 20.0. The highest BCUT2D eigenvalue weighted by Gasteiger charge is 2.46. The molecule has 6 unspecified atom stereocenters. The van der Waals surface area contributed by atoms with Gasteiger partial charge in [0.1, 0.15) is 42.7 Å². The van der Waals surface area contributed by atoms with Crippen molar-refractivity contribution in [1.29, 1.82) is 0 Å². The van der Waals surface area contributed by atoms with Crippen LogP contribution < -0.4 is 0 Å². The summed E-state index contributed by atoms with van der Waals surface area (Å²) >= 11 is 0. The summed E-state index contributed by atoms with van der Waals surface area (Å²) in [6, 6.07) is 0. The fraction of sp³-hybridized carbons (Fsp3) is 1.00. The largest absolute Gasteiger partial charge is 0.387 e. The Morgan fingerprint density at radius 1 is 0.667 bits per heavy atom. The van der Waals surface area contributed by atoms with Crippen LogP contribution in [-0.2, 0) is 18.9 Å². The predicted molar refractivity (Wildman–Crippen MR) is 79.8 cm³/mol. The summed E-state index contributed by atoms with van der Waals surface area (Å²) in [7, 11) is 0. The van der Waals surface area contributed by atoms with Crippen molar-refractivity contribution >= 4 is 0 Å². The molecule has 9 heteroatoms. The molecule has 0 amide bonds. The fourth-order valence-electron chi connectivity index (χ4n) is 2.81. The molecule has 2 heterocycles. The van der Waals surface area contributed by atoms with Gasteiger partial charge in [0.05, 0.1) is 13.2 Å². The summed E-state index contributed by atoms with van der Waals surface area (Å²) < 4.78 is 21.4. The molecule has 9 nitrogen and oxygen atoms in total. The fourth-order valence-corrected chi connectivity index (χ4v) is 2.81. The van der Waals surface area contributed by atoms with E-state index in [4.69, 9.17) is 18.9 Å². The molecule has 24 heavy (non-hydrogen) atoms. The van der Waals surface area contributed by atoms with Crippen LogP contribution in [0.25, 0.3) is 0 Å². The average Bonchev–Trinajstić information content (AvgIpc) is 3.05. The highest BCUT2D eigenvalue weighted by atomic mass is 16.8. The SMILES string of the molecule is CC1(C)OCC(C(O)C(O)C(O)C(O)C(O)C2COC(C)(C)O2)O1. The van der Waals surface area contributed by atoms with Gasteiger partial charge in [-0.15, -0.1) is 0 Å². The van der Waals surface area contributed by atoms with E-state index in [9.17, 15) is 25.5 Å². The zero-order chi connectivity index (χ0) is 18.3. The van der Waals surface area contributed by atoms with Crippen LogP contribution in [-0.4, -0.2) is 93.0 Å². The molecular formula is C15H28O9. The maximum atomic E-state index is 10.1. The van der Waals surface area contributed by atoms with Gasteiger partial charge >= 0.3 is 0 Å². The van der Waals surface area contributed by atoms with E-state index < -0.39 is 54.3 Å². The second-order valence-corrected chi connectivity index (χ2v) is 7.19. The molecule has 0 saturated carbocycles. The highest BCUT2D eigenvalue weighted by molar-refractivity contribution is 4.93. The summed E-state index contributed by atoms with van der Waals surface area (Å²) in [5.41, 5.74) is 0. The summed E-state index contributed by atoms with van der Waals surface area (Å²) in [4.78, 5) is 0. The van der Waals surface area contributed by atoms with Crippen molar-refractivity contribution in [3.8, 4) is 0 Å². The third-order valence-corrected chi connectivity index (χ3v) is 4.22. The molecule has 5 N–H and O–H groups in total. The van der Waals surface area contributed by atoms with Crippen LogP contribution in [0.5, 0.6) is 0 Å². The number of rotatable bonds is 6. The molecule has 2 fully saturated rings. The molecule has 0 aromatic carbocycles. The first-order valence-corrected chi connectivity index (χ1v) is 7.97. The number of aliphatic hydroxyl groups is 5. The Morgan fingerprint density at radius 3 is 1.25 bits per heavy atom. The van der Waals surface area contributed by atoms with Gasteiger partial charge in [-0.2, -0.15) is 0 Å². The van der Waals surface area contributed by atoms with Crippen molar-refractivity contribution in [2.45, 2.75) is 82.0 Å². The van der Waals surface area contributed by atoms with Gasteiger partial charge in [-0.05, 0) is 27.7 Å². The van der Waals surface area contributed by atoms with Crippen molar-refractivity contribution in [2.24, 2.45) is 0 Å². The van der Waals surface area contributed by atoms with Crippen LogP contribution in [0.4, 0.5) is 0 Å². The maximum absolute atomic E-state index is 10.1. The molecular weight excluding hydrogens is 324 g/mol. The first-order chi connectivity index (χ1) is 10.9. The van der Waals surface area contributed by atoms with E-state index >= 15 is 0 Å². The lowest BCUT2D eigenvalue weighted by Gasteiger charge is -2.32. The van der Waals surface area contributed by atoms with Gasteiger partial charge in [-0.1, -0.05) is 0 Å². The topological polar surface area (TPSA) is 138 Å². The van der Waals surface area contributed by atoms with Crippen LogP contribution in [0.1, 0.15) is 27.7 Å². The molecule has 2 aliphatic heterocycles. The second kappa shape index (κ2) is 7.10. The molecule has 0 radical (unpaired) electrons. The van der Waals surface area contributed by atoms with Crippen molar-refractivity contribution in [3.63, 3.8) is 0 Å². The van der Waals surface area contributed by atoms with Crippen molar-refractivity contribution in [3.05, 3.63) is 0 Å². The van der Waals surface area contributed by atoms with Gasteiger partial charge in [0.25, 0.3) is 0 Å². The maximum Gasteiger partial charge on any atom is 0.163 e. The minimum atomic E-state index is -1.81. The predicted octanol–water partition coefficient (Wildman–Crippen LogP) is -1.91. The number of hydrogen-bond donors (Lipinski definition) is 5. The third kappa shape index (κ3) is 4.43. The highest BCUT2D eigenvalue weighted by Crippen LogP contribution is 2.28. The summed E-state index contributed by atoms with van der Waals surface area (Å²) in [6.07, 6.45) is -10.0. The van der Waals surface area contributed by atoms with Gasteiger partial charge in [0, 0.05) is 0 Å². The Hall–Kier alpha value is -0.360. The van der Waals surface area contributed by atoms with Crippen molar-refractivity contribution in [2.75, 3.05) is 13.2 Å². The molecule has 6 atom stereocenters. The standard InChI is InChI=1S/C15H28O9/c1-14(2)21-5-7(23-14)9(16)11(18)13(20)12(19)10(17)8-6-22-15(3,4)24-8/h7-13,16-20H,5-6H2,1-4H3. The quantitative estimate of drug-likeness (QED) is 0.371. The lowest BCUT2D eigenvalue weighted by molar-refractivity contribution is -0.194. The van der Waals surface area contributed by atoms with Crippen LogP contribution >= 0.6 is 0 Å². The van der Waals surface area contributed by atoms with Gasteiger partial charge in [0.15, 0.2) is 11.6 Å². The van der Waals surface area contributed by atoms with Crippen LogP contribution in [0.2, 0.25) is 0 Å². The molecule has 0 aromatic heterocycles. The minimum Gasteiger partial charge on any atom is -0.387 e. The van der Waals surface area contributed by atoms with Crippen molar-refractivity contribution < 1.29 is 44.5 Å². The Morgan fingerprint density at radius 2 is 1.00 bits per heavy atom. The molecule has 2 aliphatic rings. The van der Waals surface area contributed by atoms with Crippen LogP contribution in [0, 0.1) is 0 Å². The molecule has 0 aromatic rings. The summed E-state index contributed by atoms with van der Waals surface area (Å²) in [5.74, 6) is -1.82. The lowest BCUT2D eigenvalue weighted by atomic mass is 9.94. The molecule has 142 valence electrons. The molecule has 0 bridgehead atoms. The van der Waals surface area contributed by atoms with E-state index in [1.54, 1.807) is 27.7 Å². The number of aliphatic hydroxyl groups excluding tert-OH is 5. The zero-order valence-corrected chi connectivity index (χ0v) is 14.3. The average molecular weight is 352 g/mol. The van der Waals surface area contributed by atoms with E-state index in [2.05, 4.69) is 0 Å². The van der Waals surface area contributed by atoms with Gasteiger partial charge < -0.3 is 44.5 Å². The van der Waals surface area contributed by atoms with E-state index in [1.165, 1.54) is 0 Å². The number of ether oxygens (including phenoxy) is 4. The molecule has 2 saturated heterocycles. The van der Waals surface area contributed by atoms with Crippen LogP contribution in [0.3, 0.4) is 0 Å². The molecule has 2 rings (SSSR count). The van der Waals surface area contributed by atoms with Gasteiger partial charge in [-0.25, -0.2) is 0 Å². The molecule has 0 spiro atoms. The summed E-state index contributed by atoms with van der Waals surface area (Å²) in [6.45, 7) is 6.68. The van der Waals surface area contributed by atoms with Gasteiger partial charge in [0.2, 0.25) is 0 Å². The Bertz CT molecular complexity index is 389.